The fourth-order valence-electron chi connectivity index (χ4n) is 12.4. The smallest absolute Gasteiger partial charge is 0.407 e. The Hall–Kier alpha value is -8.09. The molecule has 11 rings (SSSR count). The van der Waals surface area contributed by atoms with Crippen LogP contribution in [0.25, 0.3) is 32.9 Å². The second-order valence-electron chi connectivity index (χ2n) is 21.2. The lowest BCUT2D eigenvalue weighted by atomic mass is 9.94. The number of hydrogen-bond donors (Lipinski definition) is 5. The number of ether oxygens (including phenoxy) is 2. The topological polar surface area (TPSA) is 238 Å². The van der Waals surface area contributed by atoms with Crippen LogP contribution in [0.3, 0.4) is 0 Å². The summed E-state index contributed by atoms with van der Waals surface area (Å²) in [5.41, 5.74) is 0.599. The number of rotatable bonds is 17. The zero-order chi connectivity index (χ0) is 54.4. The molecule has 6 aliphatic rings. The SMILES string of the molecule is C#Cc1c(F)ccc2cc(O)cc(-c3ncc4c(N5CC6CCC(C5)N6)nc(OC[C@@]56CC[C@@H](COC(=O)NCCCCCCCC(=O)Nc7cccc8c7C(=O)N(C7CCC(=O)NC7=O)C8=O)N5CC(=C)C6)nc4c3F)c12. The summed E-state index contributed by atoms with van der Waals surface area (Å²) in [6.45, 7) is 6.86. The van der Waals surface area contributed by atoms with Gasteiger partial charge in [-0.05, 0) is 87.1 Å². The number of pyridine rings is 1. The highest BCUT2D eigenvalue weighted by Gasteiger charge is 2.52. The highest BCUT2D eigenvalue weighted by atomic mass is 19.1. The number of terminal acetylenes is 1. The minimum absolute atomic E-state index is 0.00134. The molecule has 5 atom stereocenters. The Morgan fingerprint density at radius 1 is 0.962 bits per heavy atom. The zero-order valence-electron chi connectivity index (χ0n) is 42.8. The van der Waals surface area contributed by atoms with Crippen LogP contribution >= 0.6 is 0 Å². The maximum absolute atomic E-state index is 17.2. The minimum Gasteiger partial charge on any atom is -0.508 e. The Morgan fingerprint density at radius 3 is 2.55 bits per heavy atom. The highest BCUT2D eigenvalue weighted by Crippen LogP contribution is 2.45. The lowest BCUT2D eigenvalue weighted by Crippen LogP contribution is -2.54. The van der Waals surface area contributed by atoms with Gasteiger partial charge in [-0.25, -0.2) is 13.6 Å². The van der Waals surface area contributed by atoms with Gasteiger partial charge in [0.25, 0.3) is 11.8 Å². The number of hydrogen-bond acceptors (Lipinski definition) is 15. The number of carbonyl (C=O) groups is 6. The van der Waals surface area contributed by atoms with Crippen LogP contribution in [0, 0.1) is 24.0 Å². The van der Waals surface area contributed by atoms with E-state index in [0.29, 0.717) is 68.5 Å². The van der Waals surface area contributed by atoms with Gasteiger partial charge in [0, 0.05) is 74.3 Å². The van der Waals surface area contributed by atoms with E-state index < -0.39 is 52.9 Å². The molecule has 3 aromatic carbocycles. The standard InChI is InChI=1S/C57H58F2N10O9/c1-3-37-41(58)16-13-32-22-36(70)23-39(46(32)37)49-48(59)50-40(25-61-49)51(67-27-33-14-15-34(28-67)62-33)66-55(65-50)78-30-57-20-19-35(68(57)26-31(2)24-57)29-77-56(76)60-21-8-6-4-5-7-12-44(71)63-42-11-9-10-38-47(42)54(75)69(53(38)74)43-17-18-45(72)64-52(43)73/h1,9-11,13,16,22-23,25,33-35,43,62,70H,2,4-8,12,14-15,17-21,24,26-30H2,(H,60,76)(H,63,71)(H,64,72,73)/t33?,34?,35-,43?,57-/m0/s1. The number of halogens is 2. The first-order chi connectivity index (χ1) is 37.7. The van der Waals surface area contributed by atoms with Gasteiger partial charge in [-0.1, -0.05) is 49.5 Å². The number of piperazine rings is 1. The van der Waals surface area contributed by atoms with E-state index >= 15 is 8.78 Å². The van der Waals surface area contributed by atoms with Gasteiger partial charge in [0.15, 0.2) is 5.82 Å². The molecule has 5 fully saturated rings. The number of phenols is 1. The number of benzene rings is 3. The van der Waals surface area contributed by atoms with E-state index in [9.17, 15) is 33.9 Å². The van der Waals surface area contributed by atoms with Crippen molar-refractivity contribution in [1.82, 2.24) is 40.7 Å². The van der Waals surface area contributed by atoms with Crippen LogP contribution in [0.2, 0.25) is 0 Å². The molecular weight excluding hydrogens is 1010 g/mol. The van der Waals surface area contributed by atoms with Crippen LogP contribution in [-0.4, -0.2) is 135 Å². The third-order valence-electron chi connectivity index (χ3n) is 16.0. The summed E-state index contributed by atoms with van der Waals surface area (Å²) >= 11 is 0. The monoisotopic (exact) mass is 1060 g/mol. The largest absolute Gasteiger partial charge is 0.508 e. The Labute approximate surface area is 447 Å². The molecule has 3 unspecified atom stereocenters. The molecule has 21 heteroatoms. The van der Waals surface area contributed by atoms with Crippen molar-refractivity contribution in [2.45, 2.75) is 113 Å². The molecule has 0 spiro atoms. The number of amides is 6. The third-order valence-corrected chi connectivity index (χ3v) is 16.0. The van der Waals surface area contributed by atoms with Gasteiger partial charge in [0.2, 0.25) is 17.7 Å². The van der Waals surface area contributed by atoms with Gasteiger partial charge in [-0.3, -0.25) is 44.1 Å². The van der Waals surface area contributed by atoms with Crippen LogP contribution in [-0.2, 0) is 19.1 Å². The first-order valence-corrected chi connectivity index (χ1v) is 26.6. The van der Waals surface area contributed by atoms with Gasteiger partial charge in [-0.15, -0.1) is 6.42 Å². The van der Waals surface area contributed by atoms with Crippen molar-refractivity contribution in [3.05, 3.63) is 89.1 Å². The van der Waals surface area contributed by atoms with E-state index in [1.54, 1.807) is 6.07 Å². The number of phenolic OH excluding ortho intramolecular Hbond substituents is 1. The fraction of sp³-hybridized carbons (Fsp3) is 0.421. The molecule has 5 aromatic rings. The molecule has 404 valence electrons. The average molecular weight is 1070 g/mol. The molecule has 0 aliphatic carbocycles. The van der Waals surface area contributed by atoms with Crippen LogP contribution in [0.1, 0.15) is 110 Å². The second-order valence-corrected chi connectivity index (χ2v) is 21.2. The summed E-state index contributed by atoms with van der Waals surface area (Å²) in [5.74, 6) is -1.63. The van der Waals surface area contributed by atoms with Gasteiger partial charge in [0.1, 0.15) is 47.9 Å². The molecule has 19 nitrogen and oxygen atoms in total. The predicted octanol–water partition coefficient (Wildman–Crippen LogP) is 6.40. The Morgan fingerprint density at radius 2 is 1.76 bits per heavy atom. The molecule has 6 aliphatic heterocycles. The maximum atomic E-state index is 17.2. The van der Waals surface area contributed by atoms with E-state index in [2.05, 4.69) is 53.5 Å². The molecule has 8 heterocycles. The van der Waals surface area contributed by atoms with Crippen molar-refractivity contribution in [3.8, 4) is 35.4 Å². The molecular formula is C57H58F2N10O9. The number of piperidine rings is 1. The summed E-state index contributed by atoms with van der Waals surface area (Å²) < 4.78 is 44.6. The lowest BCUT2D eigenvalue weighted by molar-refractivity contribution is -0.136. The molecule has 5 N–H and O–H groups in total. The number of aromatic hydroxyl groups is 1. The molecule has 6 amide bonds. The van der Waals surface area contributed by atoms with Crippen molar-refractivity contribution < 1.29 is 52.1 Å². The second kappa shape index (κ2) is 21.4. The lowest BCUT2D eigenvalue weighted by Gasteiger charge is -2.35. The molecule has 2 bridgehead atoms. The highest BCUT2D eigenvalue weighted by molar-refractivity contribution is 6.26. The summed E-state index contributed by atoms with van der Waals surface area (Å²) in [5, 5.41) is 23.1. The first-order valence-electron chi connectivity index (χ1n) is 26.6. The van der Waals surface area contributed by atoms with Crippen LogP contribution in [0.5, 0.6) is 11.8 Å². The maximum Gasteiger partial charge on any atom is 0.407 e. The van der Waals surface area contributed by atoms with Crippen molar-refractivity contribution >= 4 is 68.8 Å². The normalized spacial score (nSPS) is 22.7. The number of anilines is 2. The minimum atomic E-state index is -1.11. The Balaban J connectivity index is 0.671. The first kappa shape index (κ1) is 52.0. The number of fused-ring (bicyclic) bond motifs is 6. The Kier molecular flexibility index (Phi) is 14.3. The number of nitrogens with one attached hydrogen (secondary N) is 4. The van der Waals surface area contributed by atoms with Gasteiger partial charge in [-0.2, -0.15) is 9.97 Å². The van der Waals surface area contributed by atoms with E-state index in [1.807, 2.05) is 0 Å². The third kappa shape index (κ3) is 9.94. The summed E-state index contributed by atoms with van der Waals surface area (Å²) in [4.78, 5) is 95.9. The number of imide groups is 2. The Bertz CT molecular complexity index is 3370. The van der Waals surface area contributed by atoms with Crippen molar-refractivity contribution in [2.75, 3.05) is 49.6 Å². The molecule has 0 saturated carbocycles. The quantitative estimate of drug-likeness (QED) is 0.0293. The predicted molar refractivity (Wildman–Crippen MR) is 282 cm³/mol. The summed E-state index contributed by atoms with van der Waals surface area (Å²) in [7, 11) is 0. The van der Waals surface area contributed by atoms with Gasteiger partial charge in [0.05, 0.1) is 33.3 Å². The number of alkyl carbamates (subject to hydrolysis) is 1. The summed E-state index contributed by atoms with van der Waals surface area (Å²) in [6.07, 6.45) is 14.7. The molecule has 0 radical (unpaired) electrons. The fourth-order valence-corrected chi connectivity index (χ4v) is 12.4. The van der Waals surface area contributed by atoms with Gasteiger partial charge >= 0.3 is 12.1 Å². The van der Waals surface area contributed by atoms with E-state index in [-0.39, 0.29) is 113 Å². The van der Waals surface area contributed by atoms with Crippen molar-refractivity contribution in [1.29, 1.82) is 0 Å². The number of aromatic nitrogens is 3. The molecule has 78 heavy (non-hydrogen) atoms. The average Bonchev–Trinajstić information content (AvgIpc) is 4.30. The van der Waals surface area contributed by atoms with Crippen LogP contribution in [0.15, 0.2) is 60.8 Å². The zero-order valence-corrected chi connectivity index (χ0v) is 42.8. The van der Waals surface area contributed by atoms with Crippen molar-refractivity contribution in [3.63, 3.8) is 0 Å². The van der Waals surface area contributed by atoms with Crippen LogP contribution < -0.4 is 30.9 Å². The molecule has 2 aromatic heterocycles. The van der Waals surface area contributed by atoms with Gasteiger partial charge < -0.3 is 35.4 Å². The number of carbonyl (C=O) groups excluding carboxylic acids is 6. The molecule has 5 saturated heterocycles. The number of unbranched alkanes of at least 4 members (excludes halogenated alkanes) is 4. The van der Waals surface area contributed by atoms with E-state index in [4.69, 9.17) is 20.9 Å². The number of nitrogens with zero attached hydrogens (tertiary/aromatic N) is 6. The van der Waals surface area contributed by atoms with E-state index in [1.165, 1.54) is 42.6 Å². The van der Waals surface area contributed by atoms with E-state index in [0.717, 1.165) is 49.0 Å². The van der Waals surface area contributed by atoms with Crippen molar-refractivity contribution in [2.24, 2.45) is 0 Å². The summed E-state index contributed by atoms with van der Waals surface area (Å²) in [6, 6.07) is 9.20. The van der Waals surface area contributed by atoms with Crippen LogP contribution in [0.4, 0.5) is 25.1 Å².